The van der Waals surface area contributed by atoms with Crippen molar-refractivity contribution in [1.29, 1.82) is 0 Å². The molecule has 0 N–H and O–H groups in total. The number of imidazole rings is 1. The van der Waals surface area contributed by atoms with Crippen molar-refractivity contribution in [3.8, 4) is 0 Å². The number of fused-ring (bicyclic) bond motifs is 1. The molecular weight excluding hydrogens is 174 g/mol. The summed E-state index contributed by atoms with van der Waals surface area (Å²) in [4.78, 5) is 8.74. The molecule has 1 aliphatic rings. The second-order valence-corrected chi connectivity index (χ2v) is 3.64. The minimum atomic E-state index is 1.01. The lowest BCUT2D eigenvalue weighted by Gasteiger charge is -2.03. The maximum Gasteiger partial charge on any atom is 0.105 e. The second kappa shape index (κ2) is 3.78. The lowest BCUT2D eigenvalue weighted by atomic mass is 10.1. The molecule has 0 radical (unpaired) electrons. The maximum absolute atomic E-state index is 4.38. The van der Waals surface area contributed by atoms with Gasteiger partial charge in [-0.3, -0.25) is 4.99 Å². The van der Waals surface area contributed by atoms with E-state index >= 15 is 0 Å². The van der Waals surface area contributed by atoms with Crippen LogP contribution in [0.3, 0.4) is 0 Å². The third kappa shape index (κ3) is 1.62. The van der Waals surface area contributed by atoms with Crippen molar-refractivity contribution in [3.63, 3.8) is 0 Å². The first-order valence-corrected chi connectivity index (χ1v) is 4.99. The number of hydrogen-bond acceptors (Lipinski definition) is 2. The van der Waals surface area contributed by atoms with Crippen molar-refractivity contribution in [2.45, 2.75) is 26.2 Å². The largest absolute Gasteiger partial charge is 0.337 e. The highest BCUT2D eigenvalue weighted by Gasteiger charge is 2.11. The molecule has 74 valence electrons. The van der Waals surface area contributed by atoms with Crippen LogP contribution in [-0.4, -0.2) is 15.3 Å². The molecule has 0 saturated carbocycles. The summed E-state index contributed by atoms with van der Waals surface area (Å²) < 4.78 is 2.10. The molecule has 0 aromatic carbocycles. The lowest BCUT2D eigenvalue weighted by molar-refractivity contribution is 0.756. The molecule has 3 heteroatoms. The molecule has 0 saturated heterocycles. The van der Waals surface area contributed by atoms with Crippen molar-refractivity contribution in [3.05, 3.63) is 30.0 Å². The summed E-state index contributed by atoms with van der Waals surface area (Å²) in [6.07, 6.45) is 9.24. The smallest absolute Gasteiger partial charge is 0.105 e. The third-order valence-corrected chi connectivity index (χ3v) is 2.56. The van der Waals surface area contributed by atoms with E-state index in [0.29, 0.717) is 0 Å². The van der Waals surface area contributed by atoms with Crippen molar-refractivity contribution in [1.82, 2.24) is 9.55 Å². The van der Waals surface area contributed by atoms with Gasteiger partial charge in [-0.25, -0.2) is 4.98 Å². The third-order valence-electron chi connectivity index (χ3n) is 2.56. The predicted molar refractivity (Wildman–Crippen MR) is 57.5 cm³/mol. The Balaban J connectivity index is 2.46. The highest BCUT2D eigenvalue weighted by Crippen LogP contribution is 2.13. The van der Waals surface area contributed by atoms with E-state index in [0.717, 1.165) is 24.2 Å². The van der Waals surface area contributed by atoms with Gasteiger partial charge in [-0.05, 0) is 26.2 Å². The average molecular weight is 189 g/mol. The molecule has 0 bridgehead atoms. The van der Waals surface area contributed by atoms with E-state index in [-0.39, 0.29) is 0 Å². The molecule has 0 fully saturated rings. The van der Waals surface area contributed by atoms with Crippen molar-refractivity contribution in [2.75, 3.05) is 0 Å². The zero-order valence-corrected chi connectivity index (χ0v) is 8.70. The Morgan fingerprint density at radius 1 is 1.43 bits per heavy atom. The maximum atomic E-state index is 4.38. The molecule has 2 heterocycles. The van der Waals surface area contributed by atoms with Crippen LogP contribution in [0.25, 0.3) is 0 Å². The Morgan fingerprint density at radius 2 is 2.29 bits per heavy atom. The molecule has 0 aliphatic carbocycles. The highest BCUT2D eigenvalue weighted by atomic mass is 15.0. The SMILES string of the molecule is CC1=N/C=C/CCCc2c1ncn2C. The Hall–Kier alpha value is -1.38. The number of allylic oxidation sites excluding steroid dienone is 1. The number of aromatic nitrogens is 2. The van der Waals surface area contributed by atoms with Crippen molar-refractivity contribution < 1.29 is 0 Å². The molecule has 0 unspecified atom stereocenters. The van der Waals surface area contributed by atoms with E-state index in [9.17, 15) is 0 Å². The quantitative estimate of drug-likeness (QED) is 0.614. The molecular formula is C11H15N3. The zero-order valence-electron chi connectivity index (χ0n) is 8.70. The first-order valence-electron chi connectivity index (χ1n) is 4.99. The standard InChI is InChI=1S/C11H15N3/c1-9-11-10(14(2)8-13-11)6-4-3-5-7-12-9/h5,7-8H,3-4,6H2,1-2H3/b7-5+,12-9?. The Bertz CT molecular complexity index is 385. The Morgan fingerprint density at radius 3 is 3.14 bits per heavy atom. The summed E-state index contributed by atoms with van der Waals surface area (Å²) >= 11 is 0. The number of nitrogens with zero attached hydrogens (tertiary/aromatic N) is 3. The van der Waals surface area contributed by atoms with Crippen LogP contribution in [-0.2, 0) is 13.5 Å². The topological polar surface area (TPSA) is 30.2 Å². The van der Waals surface area contributed by atoms with Crippen molar-refractivity contribution >= 4 is 5.71 Å². The molecule has 0 spiro atoms. The summed E-state index contributed by atoms with van der Waals surface area (Å²) in [6.45, 7) is 2.02. The summed E-state index contributed by atoms with van der Waals surface area (Å²) in [5.74, 6) is 0. The molecule has 3 nitrogen and oxygen atoms in total. The Kier molecular flexibility index (Phi) is 2.48. The fraction of sp³-hybridized carbons (Fsp3) is 0.455. The first kappa shape index (κ1) is 9.19. The normalized spacial score (nSPS) is 18.9. The zero-order chi connectivity index (χ0) is 9.97. The van der Waals surface area contributed by atoms with E-state index in [1.807, 2.05) is 26.5 Å². The van der Waals surface area contributed by atoms with Gasteiger partial charge in [0.15, 0.2) is 0 Å². The van der Waals surface area contributed by atoms with E-state index < -0.39 is 0 Å². The van der Waals surface area contributed by atoms with E-state index in [4.69, 9.17) is 0 Å². The highest BCUT2D eigenvalue weighted by molar-refractivity contribution is 5.98. The molecule has 2 rings (SSSR count). The van der Waals surface area contributed by atoms with Gasteiger partial charge in [-0.2, -0.15) is 0 Å². The summed E-state index contributed by atoms with van der Waals surface area (Å²) in [6, 6.07) is 0. The number of aryl methyl sites for hydroxylation is 1. The molecule has 14 heavy (non-hydrogen) atoms. The minimum absolute atomic E-state index is 1.01. The average Bonchev–Trinajstić information content (AvgIpc) is 2.55. The van der Waals surface area contributed by atoms with Crippen LogP contribution in [0.2, 0.25) is 0 Å². The van der Waals surface area contributed by atoms with E-state index in [2.05, 4.69) is 20.6 Å². The monoisotopic (exact) mass is 189 g/mol. The van der Waals surface area contributed by atoms with Gasteiger partial charge in [-0.15, -0.1) is 0 Å². The van der Waals surface area contributed by atoms with Gasteiger partial charge in [0.2, 0.25) is 0 Å². The second-order valence-electron chi connectivity index (χ2n) is 3.64. The van der Waals surface area contributed by atoms with E-state index in [1.54, 1.807) is 0 Å². The van der Waals surface area contributed by atoms with Crippen LogP contribution in [0, 0.1) is 0 Å². The van der Waals surface area contributed by atoms with Crippen LogP contribution >= 0.6 is 0 Å². The molecule has 1 aliphatic heterocycles. The van der Waals surface area contributed by atoms with Gasteiger partial charge >= 0.3 is 0 Å². The molecule has 1 aromatic heterocycles. The fourth-order valence-corrected chi connectivity index (χ4v) is 1.74. The van der Waals surface area contributed by atoms with Gasteiger partial charge in [0.05, 0.1) is 12.0 Å². The van der Waals surface area contributed by atoms with Gasteiger partial charge in [0.1, 0.15) is 5.69 Å². The lowest BCUT2D eigenvalue weighted by Crippen LogP contribution is -2.03. The summed E-state index contributed by atoms with van der Waals surface area (Å²) in [7, 11) is 2.05. The minimum Gasteiger partial charge on any atom is -0.337 e. The van der Waals surface area contributed by atoms with Gasteiger partial charge < -0.3 is 4.57 Å². The van der Waals surface area contributed by atoms with Gasteiger partial charge in [-0.1, -0.05) is 6.08 Å². The van der Waals surface area contributed by atoms with Gasteiger partial charge in [0.25, 0.3) is 0 Å². The molecule has 0 atom stereocenters. The predicted octanol–water partition coefficient (Wildman–Crippen LogP) is 2.08. The number of aliphatic imine (C=N–C) groups is 1. The fourth-order valence-electron chi connectivity index (χ4n) is 1.74. The van der Waals surface area contributed by atoms with Gasteiger partial charge in [0, 0.05) is 18.9 Å². The molecule has 1 aromatic rings. The summed E-state index contributed by atoms with van der Waals surface area (Å²) in [5, 5.41) is 0. The summed E-state index contributed by atoms with van der Waals surface area (Å²) in [5.41, 5.74) is 3.37. The number of hydrogen-bond donors (Lipinski definition) is 0. The van der Waals surface area contributed by atoms with Crippen LogP contribution < -0.4 is 0 Å². The van der Waals surface area contributed by atoms with Crippen LogP contribution in [0.5, 0.6) is 0 Å². The number of rotatable bonds is 0. The first-order chi connectivity index (χ1) is 6.79. The Labute approximate surface area is 84.2 Å². The molecule has 0 amide bonds. The van der Waals surface area contributed by atoms with E-state index in [1.165, 1.54) is 12.1 Å². The van der Waals surface area contributed by atoms with Crippen LogP contribution in [0.4, 0.5) is 0 Å². The van der Waals surface area contributed by atoms with Crippen molar-refractivity contribution in [2.24, 2.45) is 12.0 Å². The van der Waals surface area contributed by atoms with Crippen LogP contribution in [0.1, 0.15) is 31.2 Å². The van der Waals surface area contributed by atoms with Crippen LogP contribution in [0.15, 0.2) is 23.6 Å².